The lowest BCUT2D eigenvalue weighted by molar-refractivity contribution is -0.149. The van der Waals surface area contributed by atoms with E-state index in [0.717, 1.165) is 106 Å². The molecule has 3 fully saturated rings. The molecule has 5 N–H and O–H groups in total. The number of amides is 3. The number of aliphatic hydroxyl groups excluding tert-OH is 1. The van der Waals surface area contributed by atoms with E-state index >= 15 is 0 Å². The van der Waals surface area contributed by atoms with Gasteiger partial charge in [0.2, 0.25) is 18.2 Å². The lowest BCUT2D eigenvalue weighted by Crippen LogP contribution is -2.56. The van der Waals surface area contributed by atoms with Crippen molar-refractivity contribution in [2.24, 2.45) is 17.8 Å². The van der Waals surface area contributed by atoms with Gasteiger partial charge in [0.25, 0.3) is 0 Å². The second-order valence-electron chi connectivity index (χ2n) is 18.3. The van der Waals surface area contributed by atoms with Gasteiger partial charge >= 0.3 is 6.09 Å². The van der Waals surface area contributed by atoms with Gasteiger partial charge in [0.05, 0.1) is 48.2 Å². The molecule has 64 heavy (non-hydrogen) atoms. The largest absolute Gasteiger partial charge is 0.488 e. The highest BCUT2D eigenvalue weighted by atomic mass is 16.6. The fourth-order valence-corrected chi connectivity index (χ4v) is 10.4. The number of aromatic amines is 2. The minimum Gasteiger partial charge on any atom is -0.488 e. The van der Waals surface area contributed by atoms with E-state index < -0.39 is 24.6 Å². The molecule has 16 nitrogen and oxygen atoms in total. The lowest BCUT2D eigenvalue weighted by atomic mass is 9.90. The average molecular weight is 877 g/mol. The van der Waals surface area contributed by atoms with Crippen molar-refractivity contribution in [1.82, 2.24) is 40.4 Å². The first-order valence-corrected chi connectivity index (χ1v) is 22.8. The number of fused-ring (bicyclic) bond motifs is 6. The second-order valence-corrected chi connectivity index (χ2v) is 18.3. The average Bonchev–Trinajstić information content (AvgIpc) is 4.14. The fourth-order valence-electron chi connectivity index (χ4n) is 10.4. The number of aromatic nitrogens is 4. The number of hydrogen-bond acceptors (Lipinski definition) is 11. The minimum absolute atomic E-state index is 0.00968. The van der Waals surface area contributed by atoms with E-state index in [1.54, 1.807) is 0 Å². The first-order chi connectivity index (χ1) is 31.0. The second kappa shape index (κ2) is 18.1. The van der Waals surface area contributed by atoms with Crippen LogP contribution in [0, 0.1) is 17.8 Å². The van der Waals surface area contributed by atoms with Gasteiger partial charge in [0.15, 0.2) is 0 Å². The smallest absolute Gasteiger partial charge is 0.407 e. The van der Waals surface area contributed by atoms with Crippen LogP contribution in [0.4, 0.5) is 4.79 Å². The number of nitrogens with one attached hydrogen (secondary N) is 4. The normalized spacial score (nSPS) is 22.6. The van der Waals surface area contributed by atoms with E-state index in [1.165, 1.54) is 14.2 Å². The third-order valence-corrected chi connectivity index (χ3v) is 13.9. The van der Waals surface area contributed by atoms with Crippen LogP contribution in [-0.4, -0.2) is 111 Å². The molecule has 0 bridgehead atoms. The van der Waals surface area contributed by atoms with Crippen LogP contribution in [0.2, 0.25) is 0 Å². The van der Waals surface area contributed by atoms with E-state index in [-0.39, 0.29) is 47.7 Å². The molecule has 3 saturated heterocycles. The molecule has 1 unspecified atom stereocenters. The van der Waals surface area contributed by atoms with Crippen molar-refractivity contribution in [3.05, 3.63) is 65.9 Å². The van der Waals surface area contributed by atoms with Gasteiger partial charge in [0.1, 0.15) is 30.0 Å². The van der Waals surface area contributed by atoms with Crippen molar-refractivity contribution in [1.29, 1.82) is 0 Å². The molecule has 3 amide bonds. The Kier molecular flexibility index (Phi) is 12.4. The predicted molar refractivity (Wildman–Crippen MR) is 240 cm³/mol. The predicted octanol–water partition coefficient (Wildman–Crippen LogP) is 6.70. The number of alkyl carbamates (subject to hydrolysis) is 1. The Bertz CT molecular complexity index is 2530. The highest BCUT2D eigenvalue weighted by Gasteiger charge is 2.44. The molecule has 340 valence electrons. The molecule has 0 radical (unpaired) electrons. The number of benzene rings is 3. The van der Waals surface area contributed by atoms with Gasteiger partial charge in [-0.25, -0.2) is 14.8 Å². The van der Waals surface area contributed by atoms with Gasteiger partial charge in [-0.1, -0.05) is 45.9 Å². The number of aliphatic hydroxyl groups is 1. The summed E-state index contributed by atoms with van der Waals surface area (Å²) in [6, 6.07) is 13.0. The van der Waals surface area contributed by atoms with E-state index in [1.807, 2.05) is 35.9 Å². The molecule has 3 aromatic carbocycles. The lowest BCUT2D eigenvalue weighted by Gasteiger charge is -2.37. The molecule has 6 heterocycles. The van der Waals surface area contributed by atoms with Crippen molar-refractivity contribution >= 4 is 39.7 Å². The van der Waals surface area contributed by atoms with Gasteiger partial charge in [-0.2, -0.15) is 0 Å². The summed E-state index contributed by atoms with van der Waals surface area (Å²) in [6.45, 7) is 10.2. The van der Waals surface area contributed by atoms with Gasteiger partial charge in [-0.05, 0) is 103 Å². The number of H-pyrrole nitrogens is 2. The third kappa shape index (κ3) is 8.20. The minimum atomic E-state index is -1.26. The summed E-state index contributed by atoms with van der Waals surface area (Å²) in [4.78, 5) is 61.5. The SMILES string of the molecule is CC[C@H]1CC[C@@H](c2ncc(-c3ccc4c(c3)COc3cc5c(ccc6[nH]c([C@@H]7C[C@H](C)CN7C(=O)[C@@H](NC(=O)OC)C(C)C)nc65)cc3-4)[nH]2)N1C(=O)[C@@H](NC(O)OC)C1CCOCC1. The number of rotatable bonds is 12. The van der Waals surface area contributed by atoms with Crippen LogP contribution in [0.25, 0.3) is 44.2 Å². The monoisotopic (exact) mass is 876 g/mol. The fraction of sp³-hybridized carbons (Fsp3) is 0.521. The first kappa shape index (κ1) is 43.7. The number of nitrogens with zero attached hydrogens (tertiary/aromatic N) is 4. The topological polar surface area (TPSA) is 196 Å². The van der Waals surface area contributed by atoms with E-state index in [2.05, 4.69) is 70.8 Å². The summed E-state index contributed by atoms with van der Waals surface area (Å²) in [5, 5.41) is 18.2. The van der Waals surface area contributed by atoms with Gasteiger partial charge < -0.3 is 49.1 Å². The van der Waals surface area contributed by atoms with Crippen LogP contribution in [0.3, 0.4) is 0 Å². The Morgan fingerprint density at radius 2 is 1.78 bits per heavy atom. The number of carbonyl (C=O) groups is 3. The summed E-state index contributed by atoms with van der Waals surface area (Å²) in [5.74, 6) is 2.17. The zero-order chi connectivity index (χ0) is 44.8. The molecule has 16 heteroatoms. The van der Waals surface area contributed by atoms with E-state index in [9.17, 15) is 19.5 Å². The molecule has 0 saturated carbocycles. The molecular formula is C48H60N8O8. The molecule has 0 aliphatic carbocycles. The summed E-state index contributed by atoms with van der Waals surface area (Å²) in [7, 11) is 2.71. The van der Waals surface area contributed by atoms with Gasteiger partial charge in [-0.15, -0.1) is 0 Å². The van der Waals surface area contributed by atoms with E-state index in [4.69, 9.17) is 28.9 Å². The number of imidazole rings is 2. The van der Waals surface area contributed by atoms with Crippen LogP contribution in [-0.2, 0) is 30.4 Å². The number of hydrogen-bond donors (Lipinski definition) is 5. The highest BCUT2D eigenvalue weighted by Crippen LogP contribution is 2.44. The standard InChI is InChI=1S/C48H60N8O8/c1-7-31-10-13-37(56(31)46(58)41(54-48(60)62-6)27-14-16-63-17-15-27)43-49-22-36(51-43)29-8-11-32-30(19-29)24-64-39-21-33-28(20-34(32)39)9-12-35-42(33)52-44(50-35)38-18-26(4)23-55(38)45(57)40(25(2)3)53-47(59)61-5/h8-9,11-12,19-22,25-27,31,37-38,40-41,48,54,60H,7,10,13-18,23-24H2,1-6H3,(H,49,51)(H,50,52)(H,53,59)/t26-,31-,37-,38-,40-,41-,48?/m0/s1. The van der Waals surface area contributed by atoms with Crippen molar-refractivity contribution in [3.8, 4) is 28.1 Å². The zero-order valence-electron chi connectivity index (χ0n) is 37.5. The van der Waals surface area contributed by atoms with Crippen molar-refractivity contribution in [2.45, 2.75) is 109 Å². The Morgan fingerprint density at radius 3 is 2.53 bits per heavy atom. The number of methoxy groups -OCH3 is 2. The third-order valence-electron chi connectivity index (χ3n) is 13.9. The van der Waals surface area contributed by atoms with E-state index in [0.29, 0.717) is 26.4 Å². The zero-order valence-corrected chi connectivity index (χ0v) is 37.5. The molecule has 7 atom stereocenters. The summed E-state index contributed by atoms with van der Waals surface area (Å²) < 4.78 is 22.0. The van der Waals surface area contributed by atoms with Crippen molar-refractivity contribution < 1.29 is 38.4 Å². The Balaban J connectivity index is 0.964. The summed E-state index contributed by atoms with van der Waals surface area (Å²) in [6.07, 6.45) is 4.62. The van der Waals surface area contributed by atoms with Crippen molar-refractivity contribution in [3.63, 3.8) is 0 Å². The molecule has 2 aromatic heterocycles. The van der Waals surface area contributed by atoms with Gasteiger partial charge in [-0.3, -0.25) is 14.9 Å². The maximum absolute atomic E-state index is 14.5. The van der Waals surface area contributed by atoms with Crippen molar-refractivity contribution in [2.75, 3.05) is 34.0 Å². The summed E-state index contributed by atoms with van der Waals surface area (Å²) in [5.41, 5.74) is 6.65. The maximum atomic E-state index is 14.5. The Hall–Kier alpha value is -5.55. The van der Waals surface area contributed by atoms with Gasteiger partial charge in [0, 0.05) is 43.9 Å². The molecule has 5 aromatic rings. The number of carbonyl (C=O) groups excluding carboxylic acids is 3. The Morgan fingerprint density at radius 1 is 0.969 bits per heavy atom. The van der Waals surface area contributed by atoms with Crippen LogP contribution in [0.1, 0.15) is 95.5 Å². The van der Waals surface area contributed by atoms with Crippen LogP contribution < -0.4 is 15.4 Å². The van der Waals surface area contributed by atoms with Crippen LogP contribution in [0.5, 0.6) is 5.75 Å². The molecule has 4 aliphatic rings. The molecule has 9 rings (SSSR count). The summed E-state index contributed by atoms with van der Waals surface area (Å²) >= 11 is 0. The maximum Gasteiger partial charge on any atom is 0.407 e. The van der Waals surface area contributed by atoms with Crippen LogP contribution in [0.15, 0.2) is 48.7 Å². The quantitative estimate of drug-likeness (QED) is 0.0837. The number of ether oxygens (including phenoxy) is 4. The highest BCUT2D eigenvalue weighted by molar-refractivity contribution is 6.07. The molecule has 0 spiro atoms. The number of likely N-dealkylation sites (tertiary alicyclic amines) is 2. The molecule has 4 aliphatic heterocycles. The van der Waals surface area contributed by atoms with Crippen LogP contribution >= 0.6 is 0 Å². The molecular weight excluding hydrogens is 817 g/mol. The Labute approximate surface area is 372 Å². The first-order valence-electron chi connectivity index (χ1n) is 22.8.